The number of ether oxygens (including phenoxy) is 1. The summed E-state index contributed by atoms with van der Waals surface area (Å²) in [5.41, 5.74) is 3.87. The van der Waals surface area contributed by atoms with Crippen LogP contribution in [-0.2, 0) is 0 Å². The molecule has 19 heavy (non-hydrogen) atoms. The first-order chi connectivity index (χ1) is 9.06. The van der Waals surface area contributed by atoms with Crippen LogP contribution >= 0.6 is 0 Å². The van der Waals surface area contributed by atoms with Gasteiger partial charge in [0.1, 0.15) is 5.75 Å². The highest BCUT2D eigenvalue weighted by Crippen LogP contribution is 2.25. The third-order valence-electron chi connectivity index (χ3n) is 3.89. The van der Waals surface area contributed by atoms with E-state index in [1.54, 1.807) is 0 Å². The Hall–Kier alpha value is -1.02. The molecule has 0 saturated heterocycles. The molecule has 0 aromatic heterocycles. The highest BCUT2D eigenvalue weighted by molar-refractivity contribution is 5.42. The van der Waals surface area contributed by atoms with Crippen molar-refractivity contribution in [3.05, 3.63) is 28.8 Å². The van der Waals surface area contributed by atoms with E-state index >= 15 is 0 Å². The third kappa shape index (κ3) is 4.54. The van der Waals surface area contributed by atoms with Crippen molar-refractivity contribution < 1.29 is 4.74 Å². The van der Waals surface area contributed by atoms with Crippen molar-refractivity contribution >= 4 is 0 Å². The molecule has 2 nitrogen and oxygen atoms in total. The van der Waals surface area contributed by atoms with Gasteiger partial charge in [0.25, 0.3) is 0 Å². The van der Waals surface area contributed by atoms with Gasteiger partial charge in [-0.2, -0.15) is 0 Å². The lowest BCUT2D eigenvalue weighted by Crippen LogP contribution is -2.20. The minimum Gasteiger partial charge on any atom is -0.490 e. The van der Waals surface area contributed by atoms with E-state index in [0.29, 0.717) is 6.10 Å². The molecule has 2 heteroatoms. The molecule has 106 valence electrons. The molecule has 2 rings (SSSR count). The van der Waals surface area contributed by atoms with Crippen LogP contribution in [0.2, 0.25) is 0 Å². The van der Waals surface area contributed by atoms with Gasteiger partial charge in [0.05, 0.1) is 6.10 Å². The van der Waals surface area contributed by atoms with E-state index in [1.165, 1.54) is 36.0 Å². The van der Waals surface area contributed by atoms with Gasteiger partial charge in [-0.3, -0.25) is 0 Å². The number of nitrogens with one attached hydrogen (secondary N) is 1. The Bertz CT molecular complexity index is 424. The maximum Gasteiger partial charge on any atom is 0.123 e. The minimum atomic E-state index is 0.293. The second-order valence-corrected chi connectivity index (χ2v) is 6.00. The number of benzene rings is 1. The quantitative estimate of drug-likeness (QED) is 0.751. The van der Waals surface area contributed by atoms with Crippen LogP contribution in [0.4, 0.5) is 0 Å². The van der Waals surface area contributed by atoms with Crippen LogP contribution in [0.15, 0.2) is 12.1 Å². The third-order valence-corrected chi connectivity index (χ3v) is 3.89. The van der Waals surface area contributed by atoms with Crippen LogP contribution in [0.5, 0.6) is 5.75 Å². The predicted molar refractivity (Wildman–Crippen MR) is 81.0 cm³/mol. The molecular formula is C17H27NO. The highest BCUT2D eigenvalue weighted by Gasteiger charge is 2.19. The van der Waals surface area contributed by atoms with E-state index in [9.17, 15) is 0 Å². The number of hydrogen-bond donors (Lipinski definition) is 1. The van der Waals surface area contributed by atoms with Crippen molar-refractivity contribution in [2.24, 2.45) is 0 Å². The van der Waals surface area contributed by atoms with Gasteiger partial charge < -0.3 is 10.1 Å². The average molecular weight is 261 g/mol. The van der Waals surface area contributed by atoms with Gasteiger partial charge in [0.15, 0.2) is 0 Å². The van der Waals surface area contributed by atoms with Gasteiger partial charge in [-0.1, -0.05) is 6.07 Å². The SMILES string of the molecule is Cc1cc(C)c(C)c(OC(C)CCCNC2CC2)c1. The Morgan fingerprint density at radius 3 is 2.68 bits per heavy atom. The second-order valence-electron chi connectivity index (χ2n) is 6.00. The van der Waals surface area contributed by atoms with Crippen molar-refractivity contribution in [3.8, 4) is 5.75 Å². The van der Waals surface area contributed by atoms with Crippen LogP contribution in [-0.4, -0.2) is 18.7 Å². The average Bonchev–Trinajstić information content (AvgIpc) is 3.15. The van der Waals surface area contributed by atoms with Crippen LogP contribution in [0.25, 0.3) is 0 Å². The van der Waals surface area contributed by atoms with E-state index in [4.69, 9.17) is 4.74 Å². The number of hydrogen-bond acceptors (Lipinski definition) is 2. The highest BCUT2D eigenvalue weighted by atomic mass is 16.5. The van der Waals surface area contributed by atoms with Gasteiger partial charge in [0.2, 0.25) is 0 Å². The maximum absolute atomic E-state index is 6.10. The molecule has 0 radical (unpaired) electrons. The molecule has 1 atom stereocenters. The molecular weight excluding hydrogens is 234 g/mol. The zero-order chi connectivity index (χ0) is 13.8. The summed E-state index contributed by atoms with van der Waals surface area (Å²) in [5, 5.41) is 3.55. The van der Waals surface area contributed by atoms with Gasteiger partial charge in [-0.25, -0.2) is 0 Å². The lowest BCUT2D eigenvalue weighted by atomic mass is 10.1. The zero-order valence-corrected chi connectivity index (χ0v) is 12.8. The van der Waals surface area contributed by atoms with E-state index in [0.717, 1.165) is 24.8 Å². The van der Waals surface area contributed by atoms with Gasteiger partial charge in [-0.05, 0) is 82.7 Å². The fourth-order valence-corrected chi connectivity index (χ4v) is 2.38. The normalized spacial score (nSPS) is 16.4. The number of aryl methyl sites for hydroxylation is 2. The molecule has 0 heterocycles. The smallest absolute Gasteiger partial charge is 0.123 e. The molecule has 1 N–H and O–H groups in total. The minimum absolute atomic E-state index is 0.293. The summed E-state index contributed by atoms with van der Waals surface area (Å²) in [7, 11) is 0. The standard InChI is InChI=1S/C17H27NO/c1-12-10-13(2)15(4)17(11-12)19-14(3)6-5-9-18-16-7-8-16/h10-11,14,16,18H,5-9H2,1-4H3. The largest absolute Gasteiger partial charge is 0.490 e. The fourth-order valence-electron chi connectivity index (χ4n) is 2.38. The molecule has 0 aliphatic heterocycles. The summed E-state index contributed by atoms with van der Waals surface area (Å²) in [6.45, 7) is 9.73. The zero-order valence-electron chi connectivity index (χ0n) is 12.8. The molecule has 1 aromatic carbocycles. The summed E-state index contributed by atoms with van der Waals surface area (Å²) in [4.78, 5) is 0. The molecule has 0 amide bonds. The van der Waals surface area contributed by atoms with Crippen LogP contribution in [0.3, 0.4) is 0 Å². The Morgan fingerprint density at radius 2 is 2.00 bits per heavy atom. The Morgan fingerprint density at radius 1 is 1.26 bits per heavy atom. The molecule has 1 unspecified atom stereocenters. The van der Waals surface area contributed by atoms with Gasteiger partial charge in [0, 0.05) is 6.04 Å². The van der Waals surface area contributed by atoms with E-state index < -0.39 is 0 Å². The van der Waals surface area contributed by atoms with Crippen molar-refractivity contribution in [1.82, 2.24) is 5.32 Å². The maximum atomic E-state index is 6.10. The molecule has 1 fully saturated rings. The fraction of sp³-hybridized carbons (Fsp3) is 0.647. The second kappa shape index (κ2) is 6.42. The molecule has 1 saturated carbocycles. The van der Waals surface area contributed by atoms with Crippen molar-refractivity contribution in [1.29, 1.82) is 0 Å². The van der Waals surface area contributed by atoms with E-state index in [1.807, 2.05) is 0 Å². The molecule has 0 bridgehead atoms. The van der Waals surface area contributed by atoms with Crippen LogP contribution in [0.1, 0.15) is 49.3 Å². The molecule has 0 spiro atoms. The van der Waals surface area contributed by atoms with Crippen molar-refractivity contribution in [3.63, 3.8) is 0 Å². The summed E-state index contributed by atoms with van der Waals surface area (Å²) >= 11 is 0. The summed E-state index contributed by atoms with van der Waals surface area (Å²) < 4.78 is 6.10. The van der Waals surface area contributed by atoms with Crippen LogP contribution in [0, 0.1) is 20.8 Å². The summed E-state index contributed by atoms with van der Waals surface area (Å²) in [6, 6.07) is 5.19. The molecule has 1 aliphatic carbocycles. The summed E-state index contributed by atoms with van der Waals surface area (Å²) in [6.07, 6.45) is 5.34. The predicted octanol–water partition coefficient (Wildman–Crippen LogP) is 3.91. The van der Waals surface area contributed by atoms with E-state index in [-0.39, 0.29) is 0 Å². The van der Waals surface area contributed by atoms with Gasteiger partial charge >= 0.3 is 0 Å². The van der Waals surface area contributed by atoms with Crippen LogP contribution < -0.4 is 10.1 Å². The first-order valence-corrected chi connectivity index (χ1v) is 7.54. The lowest BCUT2D eigenvalue weighted by molar-refractivity contribution is 0.206. The monoisotopic (exact) mass is 261 g/mol. The van der Waals surface area contributed by atoms with Gasteiger partial charge in [-0.15, -0.1) is 0 Å². The first kappa shape index (κ1) is 14.4. The first-order valence-electron chi connectivity index (χ1n) is 7.54. The van der Waals surface area contributed by atoms with Crippen molar-refractivity contribution in [2.45, 2.75) is 65.5 Å². The summed E-state index contributed by atoms with van der Waals surface area (Å²) in [5.74, 6) is 1.06. The molecule has 1 aliphatic rings. The Labute approximate surface area is 117 Å². The van der Waals surface area contributed by atoms with Crippen molar-refractivity contribution in [2.75, 3.05) is 6.54 Å². The Balaban J connectivity index is 1.78. The number of rotatable bonds is 7. The topological polar surface area (TPSA) is 21.3 Å². The van der Waals surface area contributed by atoms with E-state index in [2.05, 4.69) is 45.1 Å². The molecule has 1 aromatic rings. The lowest BCUT2D eigenvalue weighted by Gasteiger charge is -2.18. The Kier molecular flexibility index (Phi) is 4.87.